The van der Waals surface area contributed by atoms with Crippen LogP contribution in [0.4, 0.5) is 0 Å². The maximum atomic E-state index is 9.60. The molecule has 0 aromatic heterocycles. The number of hydrogen-bond donors (Lipinski definition) is 2. The second kappa shape index (κ2) is 11.2. The van der Waals surface area contributed by atoms with Crippen LogP contribution in [-0.2, 0) is 9.47 Å². The van der Waals surface area contributed by atoms with Gasteiger partial charge in [0, 0.05) is 6.04 Å². The Morgan fingerprint density at radius 2 is 1.84 bits per heavy atom. The summed E-state index contributed by atoms with van der Waals surface area (Å²) in [5, 5.41) is 9.60. The van der Waals surface area contributed by atoms with Crippen LogP contribution in [0.25, 0.3) is 0 Å². The van der Waals surface area contributed by atoms with Crippen molar-refractivity contribution in [1.82, 2.24) is 0 Å². The smallest absolute Gasteiger partial charge is 0.158 e. The van der Waals surface area contributed by atoms with Gasteiger partial charge in [0.1, 0.15) is 0 Å². The number of allylic oxidation sites excluding steroid dienone is 1. The van der Waals surface area contributed by atoms with Crippen LogP contribution in [0, 0.1) is 46.3 Å². The fourth-order valence-electron chi connectivity index (χ4n) is 10.1. The lowest BCUT2D eigenvalue weighted by Crippen LogP contribution is -2.51. The number of rotatable bonds is 8. The minimum absolute atomic E-state index is 0.0182. The molecule has 0 aromatic carbocycles. The van der Waals surface area contributed by atoms with Crippen molar-refractivity contribution in [3.8, 4) is 0 Å². The summed E-state index contributed by atoms with van der Waals surface area (Å²) in [7, 11) is 0. The Balaban J connectivity index is 1.22. The molecule has 0 radical (unpaired) electrons. The molecule has 212 valence electrons. The van der Waals surface area contributed by atoms with Gasteiger partial charge in [-0.2, -0.15) is 0 Å². The first-order valence-corrected chi connectivity index (χ1v) is 16.0. The molecule has 5 rings (SSSR count). The molecule has 1 heterocycles. The van der Waals surface area contributed by atoms with Gasteiger partial charge in [0.25, 0.3) is 0 Å². The van der Waals surface area contributed by atoms with Crippen LogP contribution in [0.2, 0.25) is 0 Å². The molecule has 37 heavy (non-hydrogen) atoms. The molecular formula is C33H57NO3. The Morgan fingerprint density at radius 3 is 2.59 bits per heavy atom. The Kier molecular flexibility index (Phi) is 8.53. The first kappa shape index (κ1) is 28.1. The Labute approximate surface area is 227 Å². The zero-order chi connectivity index (χ0) is 26.4. The van der Waals surface area contributed by atoms with E-state index in [9.17, 15) is 5.11 Å². The van der Waals surface area contributed by atoms with Gasteiger partial charge in [-0.25, -0.2) is 0 Å². The quantitative estimate of drug-likeness (QED) is 0.335. The predicted octanol–water partition coefficient (Wildman–Crippen LogP) is 7.24. The van der Waals surface area contributed by atoms with Crippen molar-refractivity contribution in [2.24, 2.45) is 52.1 Å². The molecule has 3 N–H and O–H groups in total. The second-order valence-corrected chi connectivity index (χ2v) is 14.8. The molecule has 6 unspecified atom stereocenters. The summed E-state index contributed by atoms with van der Waals surface area (Å²) >= 11 is 0. The van der Waals surface area contributed by atoms with Crippen molar-refractivity contribution in [1.29, 1.82) is 0 Å². The summed E-state index contributed by atoms with van der Waals surface area (Å²) in [6.07, 6.45) is 18.9. The predicted molar refractivity (Wildman–Crippen MR) is 151 cm³/mol. The fourth-order valence-corrected chi connectivity index (χ4v) is 10.1. The molecule has 0 spiro atoms. The van der Waals surface area contributed by atoms with Crippen LogP contribution in [0.5, 0.6) is 0 Å². The summed E-state index contributed by atoms with van der Waals surface area (Å²) in [5.41, 5.74) is 8.70. The van der Waals surface area contributed by atoms with Gasteiger partial charge in [-0.3, -0.25) is 0 Å². The Hall–Kier alpha value is -0.420. The number of nitrogens with two attached hydrogens (primary N) is 1. The van der Waals surface area contributed by atoms with E-state index in [-0.39, 0.29) is 31.1 Å². The summed E-state index contributed by atoms with van der Waals surface area (Å²) in [5.74, 6) is 5.30. The molecule has 5 aliphatic rings. The van der Waals surface area contributed by atoms with Gasteiger partial charge in [-0.1, -0.05) is 65.5 Å². The summed E-state index contributed by atoms with van der Waals surface area (Å²) in [6.45, 7) is 12.6. The average molecular weight is 516 g/mol. The molecule has 4 fully saturated rings. The lowest BCUT2D eigenvalue weighted by Gasteiger charge is -2.58. The van der Waals surface area contributed by atoms with E-state index in [2.05, 4.69) is 40.7 Å². The average Bonchev–Trinajstić information content (AvgIpc) is 3.22. The molecule has 1 saturated heterocycles. The van der Waals surface area contributed by atoms with Gasteiger partial charge in [0.05, 0.1) is 18.8 Å². The maximum Gasteiger partial charge on any atom is 0.158 e. The van der Waals surface area contributed by atoms with E-state index in [1.165, 1.54) is 57.8 Å². The van der Waals surface area contributed by atoms with Crippen LogP contribution in [-0.4, -0.2) is 36.3 Å². The van der Waals surface area contributed by atoms with E-state index < -0.39 is 0 Å². The van der Waals surface area contributed by atoms with Crippen LogP contribution in [0.1, 0.15) is 118 Å². The van der Waals surface area contributed by atoms with Gasteiger partial charge in [0.2, 0.25) is 0 Å². The minimum Gasteiger partial charge on any atom is -0.394 e. The summed E-state index contributed by atoms with van der Waals surface area (Å²) < 4.78 is 12.5. The Bertz CT molecular complexity index is 811. The highest BCUT2D eigenvalue weighted by molar-refractivity contribution is 5.25. The Morgan fingerprint density at radius 1 is 1.03 bits per heavy atom. The highest BCUT2D eigenvalue weighted by atomic mass is 16.7. The highest BCUT2D eigenvalue weighted by Crippen LogP contribution is 2.67. The third-order valence-corrected chi connectivity index (χ3v) is 12.3. The molecule has 1 aliphatic heterocycles. The minimum atomic E-state index is -0.285. The van der Waals surface area contributed by atoms with Crippen LogP contribution in [0.15, 0.2) is 11.6 Å². The monoisotopic (exact) mass is 515 g/mol. The topological polar surface area (TPSA) is 64.7 Å². The standard InChI is InChI=1S/C33H57NO3/c1-21(2)7-6-8-22(3)26-11-12-27-25-10-9-23-19-24(36-31-14-13-29(34)30(20-35)37-31)15-17-32(23,4)28(25)16-18-33(26,27)5/h9,21-22,24-31,35H,6-8,10-20,34H2,1-5H3/t22?,24?,25?,26-,27?,28?,29+,30-,31?,32+,33-/m1/s1. The molecule has 4 aliphatic carbocycles. The summed E-state index contributed by atoms with van der Waals surface area (Å²) in [4.78, 5) is 0. The first-order chi connectivity index (χ1) is 17.7. The SMILES string of the molecule is CC(C)CCCC(C)[C@H]1CCC2C3CC=C4CC(OC5CC[C@H](N)[C@@H](CO)O5)CC[C@]4(C)C3CC[C@@]21C. The summed E-state index contributed by atoms with van der Waals surface area (Å²) in [6, 6.07) is -0.0762. The zero-order valence-electron chi connectivity index (χ0n) is 24.6. The van der Waals surface area contributed by atoms with E-state index in [4.69, 9.17) is 15.2 Å². The van der Waals surface area contributed by atoms with Crippen molar-refractivity contribution in [2.75, 3.05) is 6.61 Å². The van der Waals surface area contributed by atoms with Gasteiger partial charge in [-0.05, 0) is 111 Å². The normalized spacial score (nSPS) is 46.6. The third-order valence-electron chi connectivity index (χ3n) is 12.3. The maximum absolute atomic E-state index is 9.60. The van der Waals surface area contributed by atoms with E-state index in [0.29, 0.717) is 10.8 Å². The first-order valence-electron chi connectivity index (χ1n) is 16.0. The number of aliphatic hydroxyl groups excluding tert-OH is 1. The lowest BCUT2D eigenvalue weighted by atomic mass is 9.47. The lowest BCUT2D eigenvalue weighted by molar-refractivity contribution is -0.229. The number of fused-ring (bicyclic) bond motifs is 5. The molecular weight excluding hydrogens is 458 g/mol. The van der Waals surface area contributed by atoms with Crippen molar-refractivity contribution in [2.45, 2.75) is 143 Å². The van der Waals surface area contributed by atoms with Crippen molar-refractivity contribution >= 4 is 0 Å². The molecule has 3 saturated carbocycles. The zero-order valence-corrected chi connectivity index (χ0v) is 24.6. The molecule has 4 nitrogen and oxygen atoms in total. The molecule has 0 bridgehead atoms. The largest absolute Gasteiger partial charge is 0.394 e. The van der Waals surface area contributed by atoms with E-state index in [1.54, 1.807) is 5.57 Å². The highest BCUT2D eigenvalue weighted by Gasteiger charge is 2.59. The van der Waals surface area contributed by atoms with Crippen molar-refractivity contribution in [3.63, 3.8) is 0 Å². The van der Waals surface area contributed by atoms with E-state index >= 15 is 0 Å². The van der Waals surface area contributed by atoms with E-state index in [0.717, 1.165) is 61.2 Å². The van der Waals surface area contributed by atoms with Crippen LogP contribution in [0.3, 0.4) is 0 Å². The van der Waals surface area contributed by atoms with Crippen molar-refractivity contribution in [3.05, 3.63) is 11.6 Å². The number of hydrogen-bond acceptors (Lipinski definition) is 4. The second-order valence-electron chi connectivity index (χ2n) is 14.8. The van der Waals surface area contributed by atoms with Gasteiger partial charge in [0.15, 0.2) is 6.29 Å². The number of ether oxygens (including phenoxy) is 2. The molecule has 4 heteroatoms. The van der Waals surface area contributed by atoms with Crippen molar-refractivity contribution < 1.29 is 14.6 Å². The van der Waals surface area contributed by atoms with Crippen LogP contribution < -0.4 is 5.73 Å². The van der Waals surface area contributed by atoms with Gasteiger partial charge in [-0.15, -0.1) is 0 Å². The molecule has 0 aromatic rings. The fraction of sp³-hybridized carbons (Fsp3) is 0.939. The van der Waals surface area contributed by atoms with Gasteiger partial charge >= 0.3 is 0 Å². The molecule has 0 amide bonds. The number of aliphatic hydroxyl groups is 1. The van der Waals surface area contributed by atoms with E-state index in [1.807, 2.05) is 0 Å². The van der Waals surface area contributed by atoms with Crippen LogP contribution >= 0.6 is 0 Å². The third kappa shape index (κ3) is 5.35. The molecule has 11 atom stereocenters. The van der Waals surface area contributed by atoms with Gasteiger partial charge < -0.3 is 20.3 Å².